The third-order valence-corrected chi connectivity index (χ3v) is 2.89. The maximum absolute atomic E-state index is 10.5. The molecule has 2 nitrogen and oxygen atoms in total. The van der Waals surface area contributed by atoms with Crippen LogP contribution in [0.25, 0.3) is 6.08 Å². The normalized spacial score (nSPS) is 12.5. The highest BCUT2D eigenvalue weighted by Gasteiger charge is 1.97. The van der Waals surface area contributed by atoms with E-state index < -0.39 is 9.05 Å². The summed E-state index contributed by atoms with van der Waals surface area (Å²) >= 11 is 1.52. The standard InChI is InChI=1S/C7H7ClO2S2/c1-6-2-3-7(11-6)4-5-12(8,9)10/h2-5H,1H3/b5-4-. The number of aryl methyl sites for hydroxylation is 1. The second-order valence-corrected chi connectivity index (χ2v) is 6.06. The Hall–Kier alpha value is -0.320. The van der Waals surface area contributed by atoms with Crippen LogP contribution in [0.15, 0.2) is 17.5 Å². The van der Waals surface area contributed by atoms with Gasteiger partial charge in [-0.25, -0.2) is 8.42 Å². The van der Waals surface area contributed by atoms with Crippen LogP contribution in [-0.4, -0.2) is 8.42 Å². The molecule has 0 aliphatic heterocycles. The van der Waals surface area contributed by atoms with Gasteiger partial charge in [0.2, 0.25) is 0 Å². The molecule has 0 aliphatic rings. The van der Waals surface area contributed by atoms with Crippen molar-refractivity contribution >= 4 is 37.1 Å². The summed E-state index contributed by atoms with van der Waals surface area (Å²) < 4.78 is 21.0. The number of hydrogen-bond donors (Lipinski definition) is 0. The molecule has 12 heavy (non-hydrogen) atoms. The third-order valence-electron chi connectivity index (χ3n) is 1.16. The van der Waals surface area contributed by atoms with Gasteiger partial charge in [0.05, 0.1) is 0 Å². The first-order valence-corrected chi connectivity index (χ1v) is 6.35. The van der Waals surface area contributed by atoms with Gasteiger partial charge < -0.3 is 0 Å². The lowest BCUT2D eigenvalue weighted by Crippen LogP contribution is -1.77. The maximum Gasteiger partial charge on any atom is 0.254 e. The van der Waals surface area contributed by atoms with Crippen LogP contribution in [0.2, 0.25) is 0 Å². The van der Waals surface area contributed by atoms with Crippen molar-refractivity contribution in [1.82, 2.24) is 0 Å². The Balaban J connectivity index is 2.84. The Labute approximate surface area is 79.9 Å². The highest BCUT2D eigenvalue weighted by molar-refractivity contribution is 8.16. The molecule has 0 aliphatic carbocycles. The lowest BCUT2D eigenvalue weighted by atomic mass is 10.4. The van der Waals surface area contributed by atoms with Crippen molar-refractivity contribution in [3.63, 3.8) is 0 Å². The molecule has 0 N–H and O–H groups in total. The predicted molar refractivity (Wildman–Crippen MR) is 52.9 cm³/mol. The zero-order valence-electron chi connectivity index (χ0n) is 6.32. The summed E-state index contributed by atoms with van der Waals surface area (Å²) in [5.41, 5.74) is 0. The Morgan fingerprint density at radius 3 is 2.58 bits per heavy atom. The predicted octanol–water partition coefficient (Wildman–Crippen LogP) is 2.60. The van der Waals surface area contributed by atoms with E-state index in [4.69, 9.17) is 10.7 Å². The van der Waals surface area contributed by atoms with Crippen LogP contribution in [0, 0.1) is 6.92 Å². The van der Waals surface area contributed by atoms with E-state index >= 15 is 0 Å². The fourth-order valence-electron chi connectivity index (χ4n) is 0.691. The quantitative estimate of drug-likeness (QED) is 0.721. The largest absolute Gasteiger partial charge is 0.254 e. The molecule has 1 aromatic heterocycles. The van der Waals surface area contributed by atoms with E-state index in [1.165, 1.54) is 17.4 Å². The van der Waals surface area contributed by atoms with Crippen LogP contribution in [0.1, 0.15) is 9.75 Å². The molecule has 0 spiro atoms. The molecule has 0 aromatic carbocycles. The minimum atomic E-state index is -3.51. The number of thiophene rings is 1. The Kier molecular flexibility index (Phi) is 2.93. The molecule has 1 aromatic rings. The van der Waals surface area contributed by atoms with Crippen molar-refractivity contribution in [2.75, 3.05) is 0 Å². The Morgan fingerprint density at radius 1 is 1.50 bits per heavy atom. The first-order valence-electron chi connectivity index (χ1n) is 3.16. The van der Waals surface area contributed by atoms with Crippen LogP contribution < -0.4 is 0 Å². The Morgan fingerprint density at radius 2 is 2.17 bits per heavy atom. The second kappa shape index (κ2) is 3.60. The minimum absolute atomic E-state index is 0.886. The highest BCUT2D eigenvalue weighted by atomic mass is 35.7. The lowest BCUT2D eigenvalue weighted by Gasteiger charge is -1.82. The van der Waals surface area contributed by atoms with Crippen LogP contribution in [-0.2, 0) is 9.05 Å². The summed E-state index contributed by atoms with van der Waals surface area (Å²) in [7, 11) is 1.47. The van der Waals surface area contributed by atoms with Crippen molar-refractivity contribution in [1.29, 1.82) is 0 Å². The van der Waals surface area contributed by atoms with Gasteiger partial charge in [-0.05, 0) is 25.1 Å². The van der Waals surface area contributed by atoms with Gasteiger partial charge in [-0.3, -0.25) is 0 Å². The van der Waals surface area contributed by atoms with Crippen molar-refractivity contribution < 1.29 is 8.42 Å². The summed E-state index contributed by atoms with van der Waals surface area (Å²) in [5.74, 6) is 0. The summed E-state index contributed by atoms with van der Waals surface area (Å²) in [4.78, 5) is 2.03. The van der Waals surface area contributed by atoms with E-state index in [1.807, 2.05) is 19.1 Å². The molecular weight excluding hydrogens is 216 g/mol. The molecule has 0 amide bonds. The van der Waals surface area contributed by atoms with Gasteiger partial charge >= 0.3 is 0 Å². The van der Waals surface area contributed by atoms with Gasteiger partial charge in [0, 0.05) is 25.8 Å². The number of rotatable bonds is 2. The van der Waals surface area contributed by atoms with E-state index in [0.29, 0.717) is 0 Å². The van der Waals surface area contributed by atoms with Gasteiger partial charge in [-0.15, -0.1) is 11.3 Å². The lowest BCUT2D eigenvalue weighted by molar-refractivity contribution is 0.617. The molecule has 0 radical (unpaired) electrons. The summed E-state index contributed by atoms with van der Waals surface area (Å²) in [5, 5.41) is 0.986. The molecule has 5 heteroatoms. The molecule has 0 unspecified atom stereocenters. The third kappa shape index (κ3) is 3.38. The molecular formula is C7H7ClO2S2. The van der Waals surface area contributed by atoms with Crippen molar-refractivity contribution in [3.05, 3.63) is 27.3 Å². The molecule has 0 saturated carbocycles. The average molecular weight is 223 g/mol. The van der Waals surface area contributed by atoms with Crippen LogP contribution in [0.5, 0.6) is 0 Å². The van der Waals surface area contributed by atoms with Gasteiger partial charge in [-0.2, -0.15) is 0 Å². The van der Waals surface area contributed by atoms with E-state index in [-0.39, 0.29) is 0 Å². The number of halogens is 1. The van der Waals surface area contributed by atoms with Crippen LogP contribution in [0.3, 0.4) is 0 Å². The van der Waals surface area contributed by atoms with Gasteiger partial charge in [0.15, 0.2) is 0 Å². The zero-order valence-corrected chi connectivity index (χ0v) is 8.71. The topological polar surface area (TPSA) is 34.1 Å². The number of hydrogen-bond acceptors (Lipinski definition) is 3. The van der Waals surface area contributed by atoms with E-state index in [1.54, 1.807) is 0 Å². The van der Waals surface area contributed by atoms with Crippen LogP contribution in [0.4, 0.5) is 0 Å². The minimum Gasteiger partial charge on any atom is -0.208 e. The fraction of sp³-hybridized carbons (Fsp3) is 0.143. The van der Waals surface area contributed by atoms with Crippen molar-refractivity contribution in [2.24, 2.45) is 0 Å². The van der Waals surface area contributed by atoms with E-state index in [9.17, 15) is 8.42 Å². The molecule has 1 rings (SSSR count). The molecule has 66 valence electrons. The van der Waals surface area contributed by atoms with Gasteiger partial charge in [-0.1, -0.05) is 0 Å². The van der Waals surface area contributed by atoms with Gasteiger partial charge in [0.25, 0.3) is 9.05 Å². The zero-order chi connectivity index (χ0) is 9.19. The summed E-state index contributed by atoms with van der Waals surface area (Å²) in [6.45, 7) is 1.96. The SMILES string of the molecule is Cc1ccc(/C=C\S(=O)(=O)Cl)s1. The van der Waals surface area contributed by atoms with E-state index in [2.05, 4.69) is 0 Å². The summed E-state index contributed by atoms with van der Waals surface area (Å²) in [6, 6.07) is 3.77. The molecule has 1 heterocycles. The van der Waals surface area contributed by atoms with Crippen molar-refractivity contribution in [3.8, 4) is 0 Å². The second-order valence-electron chi connectivity index (χ2n) is 2.23. The maximum atomic E-state index is 10.5. The molecule has 0 bridgehead atoms. The first-order chi connectivity index (χ1) is 5.47. The smallest absolute Gasteiger partial charge is 0.208 e. The van der Waals surface area contributed by atoms with Gasteiger partial charge in [0.1, 0.15) is 0 Å². The highest BCUT2D eigenvalue weighted by Crippen LogP contribution is 2.17. The van der Waals surface area contributed by atoms with Crippen LogP contribution >= 0.6 is 22.0 Å². The molecule has 0 atom stereocenters. The average Bonchev–Trinajstić information content (AvgIpc) is 2.30. The molecule has 0 fully saturated rings. The fourth-order valence-corrected chi connectivity index (χ4v) is 2.02. The first kappa shape index (κ1) is 9.77. The Bertz CT molecular complexity index is 389. The van der Waals surface area contributed by atoms with E-state index in [0.717, 1.165) is 15.2 Å². The summed E-state index contributed by atoms with van der Waals surface area (Å²) in [6.07, 6.45) is 1.49. The van der Waals surface area contributed by atoms with Crippen molar-refractivity contribution in [2.45, 2.75) is 6.92 Å². The monoisotopic (exact) mass is 222 g/mol. The molecule has 0 saturated heterocycles.